The summed E-state index contributed by atoms with van der Waals surface area (Å²) >= 11 is 0. The molecule has 3 rings (SSSR count). The minimum absolute atomic E-state index is 0.0737. The Kier molecular flexibility index (Phi) is 3.20. The highest BCUT2D eigenvalue weighted by molar-refractivity contribution is 5.81. The summed E-state index contributed by atoms with van der Waals surface area (Å²) in [6.45, 7) is 4.67. The molecule has 21 heavy (non-hydrogen) atoms. The zero-order valence-corrected chi connectivity index (χ0v) is 12.3. The highest BCUT2D eigenvalue weighted by atomic mass is 16.2. The summed E-state index contributed by atoms with van der Waals surface area (Å²) in [5.74, 6) is 0.959. The van der Waals surface area contributed by atoms with E-state index in [4.69, 9.17) is 16.6 Å². The fraction of sp³-hybridized carbons (Fsp3) is 0.692. The van der Waals surface area contributed by atoms with E-state index < -0.39 is 0 Å². The molecule has 2 aromatic heterocycles. The van der Waals surface area contributed by atoms with E-state index in [1.807, 2.05) is 4.68 Å². The lowest BCUT2D eigenvalue weighted by Crippen LogP contribution is -2.46. The molecule has 2 atom stereocenters. The Morgan fingerprint density at radius 3 is 2.76 bits per heavy atom. The van der Waals surface area contributed by atoms with Gasteiger partial charge in [0.1, 0.15) is 0 Å². The predicted octanol–water partition coefficient (Wildman–Crippen LogP) is 0.745. The van der Waals surface area contributed by atoms with Gasteiger partial charge in [-0.1, -0.05) is 19.1 Å². The molecule has 0 aromatic carbocycles. The van der Waals surface area contributed by atoms with Crippen molar-refractivity contribution >= 4 is 22.9 Å². The molecule has 8 heteroatoms. The standard InChI is InChI=1S/C13H21N7O/c1-13(2)7(4-3-5-21)6-8(13)20-11-9(18-19-20)10(14)16-12(15)17-11/h7-8,21H,3-6H2,1-2H3,(H4,14,15,16,17)/t7-,8+/m0/s1. The third kappa shape index (κ3) is 2.10. The minimum atomic E-state index is 0.0737. The van der Waals surface area contributed by atoms with E-state index in [0.29, 0.717) is 17.1 Å². The first kappa shape index (κ1) is 14.0. The summed E-state index contributed by atoms with van der Waals surface area (Å²) in [6, 6.07) is 0.208. The van der Waals surface area contributed by atoms with Gasteiger partial charge in [0.2, 0.25) is 5.95 Å². The van der Waals surface area contributed by atoms with Crippen LogP contribution in [0.2, 0.25) is 0 Å². The van der Waals surface area contributed by atoms with Gasteiger partial charge in [0, 0.05) is 6.61 Å². The van der Waals surface area contributed by atoms with Crippen molar-refractivity contribution in [1.29, 1.82) is 0 Å². The molecule has 8 nitrogen and oxygen atoms in total. The third-order valence-electron chi connectivity index (χ3n) is 4.79. The van der Waals surface area contributed by atoms with Crippen LogP contribution in [0, 0.1) is 11.3 Å². The number of aliphatic hydroxyl groups excluding tert-OH is 1. The Morgan fingerprint density at radius 1 is 1.33 bits per heavy atom. The first-order chi connectivity index (χ1) is 9.95. The lowest BCUT2D eigenvalue weighted by Gasteiger charge is -2.52. The molecule has 1 fully saturated rings. The van der Waals surface area contributed by atoms with Crippen LogP contribution in [0.3, 0.4) is 0 Å². The van der Waals surface area contributed by atoms with Crippen LogP contribution in [0.5, 0.6) is 0 Å². The molecule has 0 bridgehead atoms. The van der Waals surface area contributed by atoms with Crippen LogP contribution in [0.25, 0.3) is 11.2 Å². The molecule has 1 aliphatic carbocycles. The summed E-state index contributed by atoms with van der Waals surface area (Å²) in [5, 5.41) is 17.3. The molecule has 0 amide bonds. The third-order valence-corrected chi connectivity index (χ3v) is 4.79. The Morgan fingerprint density at radius 2 is 2.10 bits per heavy atom. The molecule has 0 radical (unpaired) electrons. The van der Waals surface area contributed by atoms with Crippen molar-refractivity contribution in [3.63, 3.8) is 0 Å². The van der Waals surface area contributed by atoms with Crippen molar-refractivity contribution in [2.45, 2.75) is 39.2 Å². The van der Waals surface area contributed by atoms with Crippen LogP contribution in [-0.4, -0.2) is 36.7 Å². The average molecular weight is 291 g/mol. The zero-order valence-electron chi connectivity index (χ0n) is 12.3. The number of nitrogens with zero attached hydrogens (tertiary/aromatic N) is 5. The number of hydrogen-bond acceptors (Lipinski definition) is 7. The second kappa shape index (κ2) is 4.80. The molecule has 0 spiro atoms. The Hall–Kier alpha value is -1.96. The largest absolute Gasteiger partial charge is 0.396 e. The van der Waals surface area contributed by atoms with Crippen molar-refractivity contribution in [3.8, 4) is 0 Å². The molecule has 114 valence electrons. The van der Waals surface area contributed by atoms with Crippen LogP contribution >= 0.6 is 0 Å². The smallest absolute Gasteiger partial charge is 0.224 e. The van der Waals surface area contributed by atoms with E-state index in [9.17, 15) is 0 Å². The van der Waals surface area contributed by atoms with Gasteiger partial charge in [-0.15, -0.1) is 5.10 Å². The van der Waals surface area contributed by atoms with Gasteiger partial charge in [0.15, 0.2) is 17.0 Å². The van der Waals surface area contributed by atoms with Gasteiger partial charge in [-0.25, -0.2) is 4.68 Å². The average Bonchev–Trinajstić information content (AvgIpc) is 2.81. The van der Waals surface area contributed by atoms with E-state index in [1.165, 1.54) is 0 Å². The van der Waals surface area contributed by atoms with Crippen molar-refractivity contribution in [2.24, 2.45) is 11.3 Å². The Labute approximate surface area is 122 Å². The monoisotopic (exact) mass is 291 g/mol. The summed E-state index contributed by atoms with van der Waals surface area (Å²) in [6.07, 6.45) is 2.85. The predicted molar refractivity (Wildman–Crippen MR) is 79.2 cm³/mol. The molecular formula is C13H21N7O. The topological polar surface area (TPSA) is 129 Å². The lowest BCUT2D eigenvalue weighted by atomic mass is 9.57. The van der Waals surface area contributed by atoms with Crippen LogP contribution < -0.4 is 11.5 Å². The van der Waals surface area contributed by atoms with Gasteiger partial charge in [-0.05, 0) is 30.6 Å². The maximum Gasteiger partial charge on any atom is 0.224 e. The van der Waals surface area contributed by atoms with Gasteiger partial charge in [-0.2, -0.15) is 9.97 Å². The number of hydrogen-bond donors (Lipinski definition) is 3. The second-order valence-corrected chi connectivity index (χ2v) is 6.31. The molecule has 0 saturated heterocycles. The maximum atomic E-state index is 8.98. The van der Waals surface area contributed by atoms with Gasteiger partial charge in [0.25, 0.3) is 0 Å². The number of rotatable bonds is 4. The summed E-state index contributed by atoms with van der Waals surface area (Å²) in [7, 11) is 0. The molecule has 0 aliphatic heterocycles. The normalized spacial score (nSPS) is 24.1. The molecule has 1 saturated carbocycles. The molecule has 2 aromatic rings. The van der Waals surface area contributed by atoms with E-state index in [1.54, 1.807) is 0 Å². The van der Waals surface area contributed by atoms with Crippen LogP contribution in [0.1, 0.15) is 39.2 Å². The molecule has 5 N–H and O–H groups in total. The summed E-state index contributed by atoms with van der Waals surface area (Å²) < 4.78 is 1.82. The highest BCUT2D eigenvalue weighted by Crippen LogP contribution is 2.56. The summed E-state index contributed by atoms with van der Waals surface area (Å²) in [5.41, 5.74) is 12.7. The van der Waals surface area contributed by atoms with E-state index in [-0.39, 0.29) is 29.8 Å². The number of nitrogen functional groups attached to an aromatic ring is 2. The fourth-order valence-electron chi connectivity index (χ4n) is 3.31. The van der Waals surface area contributed by atoms with Gasteiger partial charge >= 0.3 is 0 Å². The Bertz CT molecular complexity index is 666. The number of fused-ring (bicyclic) bond motifs is 1. The zero-order chi connectivity index (χ0) is 15.2. The first-order valence-electron chi connectivity index (χ1n) is 7.20. The van der Waals surface area contributed by atoms with E-state index in [0.717, 1.165) is 19.3 Å². The maximum absolute atomic E-state index is 8.98. The number of nitrogens with two attached hydrogens (primary N) is 2. The molecule has 1 aliphatic rings. The quantitative estimate of drug-likeness (QED) is 0.757. The van der Waals surface area contributed by atoms with Crippen molar-refractivity contribution in [1.82, 2.24) is 25.0 Å². The minimum Gasteiger partial charge on any atom is -0.396 e. The van der Waals surface area contributed by atoms with Crippen LogP contribution in [-0.2, 0) is 0 Å². The van der Waals surface area contributed by atoms with Crippen LogP contribution in [0.4, 0.5) is 11.8 Å². The number of aromatic nitrogens is 5. The van der Waals surface area contributed by atoms with Crippen LogP contribution in [0.15, 0.2) is 0 Å². The SMILES string of the molecule is CC1(C)[C@@H](CCCO)C[C@H]1n1nnc2c(N)nc(N)nc21. The van der Waals surface area contributed by atoms with Crippen molar-refractivity contribution in [3.05, 3.63) is 0 Å². The first-order valence-corrected chi connectivity index (χ1v) is 7.20. The number of aliphatic hydroxyl groups is 1. The second-order valence-electron chi connectivity index (χ2n) is 6.31. The van der Waals surface area contributed by atoms with Crippen molar-refractivity contribution < 1.29 is 5.11 Å². The molecule has 0 unspecified atom stereocenters. The molecule has 2 heterocycles. The van der Waals surface area contributed by atoms with Crippen molar-refractivity contribution in [2.75, 3.05) is 18.1 Å². The summed E-state index contributed by atoms with van der Waals surface area (Å²) in [4.78, 5) is 8.15. The van der Waals surface area contributed by atoms with E-state index >= 15 is 0 Å². The lowest BCUT2D eigenvalue weighted by molar-refractivity contribution is -0.0235. The number of anilines is 2. The molecular weight excluding hydrogens is 270 g/mol. The van der Waals surface area contributed by atoms with Gasteiger partial charge < -0.3 is 16.6 Å². The fourth-order valence-corrected chi connectivity index (χ4v) is 3.31. The highest BCUT2D eigenvalue weighted by Gasteiger charge is 2.49. The Balaban J connectivity index is 1.92. The van der Waals surface area contributed by atoms with E-state index in [2.05, 4.69) is 34.1 Å². The van der Waals surface area contributed by atoms with Gasteiger partial charge in [0.05, 0.1) is 6.04 Å². The van der Waals surface area contributed by atoms with Gasteiger partial charge in [-0.3, -0.25) is 0 Å².